The average molecular weight is 398 g/mol. The first-order valence-corrected chi connectivity index (χ1v) is 11.1. The van der Waals surface area contributed by atoms with Crippen molar-refractivity contribution in [1.29, 1.82) is 0 Å². The van der Waals surface area contributed by atoms with E-state index < -0.39 is 0 Å². The summed E-state index contributed by atoms with van der Waals surface area (Å²) in [5.41, 5.74) is 4.66. The van der Waals surface area contributed by atoms with E-state index in [1.54, 1.807) is 17.7 Å². The van der Waals surface area contributed by atoms with Gasteiger partial charge in [0.1, 0.15) is 16.2 Å². The molecule has 0 aliphatic heterocycles. The molecule has 6 heteroatoms. The van der Waals surface area contributed by atoms with Gasteiger partial charge in [0.05, 0.1) is 5.75 Å². The van der Waals surface area contributed by atoms with Gasteiger partial charge in [0.15, 0.2) is 0 Å². The zero-order chi connectivity index (χ0) is 19.0. The Labute approximate surface area is 167 Å². The van der Waals surface area contributed by atoms with Crippen LogP contribution in [-0.2, 0) is 17.6 Å². The molecule has 1 aromatic carbocycles. The fourth-order valence-electron chi connectivity index (χ4n) is 3.51. The van der Waals surface area contributed by atoms with Crippen LogP contribution >= 0.6 is 23.1 Å². The minimum Gasteiger partial charge on any atom is -0.325 e. The molecule has 0 saturated heterocycles. The third-order valence-electron chi connectivity index (χ3n) is 5.19. The molecule has 4 rings (SSSR count). The maximum absolute atomic E-state index is 12.4. The number of carbonyl (C=O) groups is 1. The number of anilines is 1. The average Bonchev–Trinajstić information content (AvgIpc) is 3.01. The first-order chi connectivity index (χ1) is 13.0. The summed E-state index contributed by atoms with van der Waals surface area (Å²) in [6, 6.07) is 5.99. The Morgan fingerprint density at radius 3 is 2.96 bits per heavy atom. The van der Waals surface area contributed by atoms with Crippen molar-refractivity contribution in [3.63, 3.8) is 0 Å². The number of hydrogen-bond acceptors (Lipinski definition) is 5. The molecule has 140 valence electrons. The van der Waals surface area contributed by atoms with Crippen LogP contribution in [0, 0.1) is 19.8 Å². The summed E-state index contributed by atoms with van der Waals surface area (Å²) in [4.78, 5) is 23.9. The third kappa shape index (κ3) is 3.87. The van der Waals surface area contributed by atoms with Crippen LogP contribution in [0.5, 0.6) is 0 Å². The molecule has 1 unspecified atom stereocenters. The van der Waals surface area contributed by atoms with E-state index >= 15 is 0 Å². The lowest BCUT2D eigenvalue weighted by atomic mass is 9.89. The van der Waals surface area contributed by atoms with Gasteiger partial charge in [0.2, 0.25) is 5.91 Å². The highest BCUT2D eigenvalue weighted by Gasteiger charge is 2.23. The van der Waals surface area contributed by atoms with Crippen LogP contribution in [0.1, 0.15) is 34.9 Å². The molecular weight excluding hydrogens is 374 g/mol. The number of fused-ring (bicyclic) bond motifs is 3. The number of aryl methyl sites for hydroxylation is 3. The van der Waals surface area contributed by atoms with Gasteiger partial charge in [-0.25, -0.2) is 9.97 Å². The number of rotatable bonds is 4. The topological polar surface area (TPSA) is 54.9 Å². The number of aromatic nitrogens is 2. The van der Waals surface area contributed by atoms with Crippen LogP contribution in [0.2, 0.25) is 0 Å². The van der Waals surface area contributed by atoms with Crippen molar-refractivity contribution in [3.05, 3.63) is 46.1 Å². The number of thiophene rings is 1. The molecule has 1 aliphatic carbocycles. The molecule has 1 aliphatic rings. The second kappa shape index (κ2) is 7.60. The van der Waals surface area contributed by atoms with Gasteiger partial charge >= 0.3 is 0 Å². The number of amides is 1. The van der Waals surface area contributed by atoms with Crippen molar-refractivity contribution in [1.82, 2.24) is 9.97 Å². The lowest BCUT2D eigenvalue weighted by molar-refractivity contribution is -0.113. The van der Waals surface area contributed by atoms with Gasteiger partial charge in [-0.1, -0.05) is 24.8 Å². The van der Waals surface area contributed by atoms with Crippen molar-refractivity contribution in [2.75, 3.05) is 11.1 Å². The first-order valence-electron chi connectivity index (χ1n) is 9.26. The zero-order valence-electron chi connectivity index (χ0n) is 15.8. The Morgan fingerprint density at radius 1 is 1.30 bits per heavy atom. The molecule has 2 heterocycles. The van der Waals surface area contributed by atoms with E-state index in [4.69, 9.17) is 0 Å². The summed E-state index contributed by atoms with van der Waals surface area (Å²) in [5, 5.41) is 5.10. The van der Waals surface area contributed by atoms with Crippen LogP contribution in [0.3, 0.4) is 0 Å². The Bertz CT molecular complexity index is 1010. The van der Waals surface area contributed by atoms with E-state index in [-0.39, 0.29) is 5.91 Å². The molecule has 27 heavy (non-hydrogen) atoms. The second-order valence-corrected chi connectivity index (χ2v) is 9.39. The highest BCUT2D eigenvalue weighted by molar-refractivity contribution is 8.00. The van der Waals surface area contributed by atoms with E-state index in [9.17, 15) is 4.79 Å². The van der Waals surface area contributed by atoms with E-state index in [1.807, 2.05) is 18.2 Å². The standard InChI is InChI=1S/C21H23N3OS2/c1-12-4-7-16-17(8-12)27-21-19(16)20(22-11-23-21)26-10-18(25)24-15-6-5-13(2)14(3)9-15/h5-6,9,11-12H,4,7-8,10H2,1-3H3,(H,24,25). The largest absolute Gasteiger partial charge is 0.325 e. The first kappa shape index (κ1) is 18.4. The Balaban J connectivity index is 1.50. The van der Waals surface area contributed by atoms with Crippen molar-refractivity contribution in [2.24, 2.45) is 5.92 Å². The molecule has 0 fully saturated rings. The van der Waals surface area contributed by atoms with Crippen LogP contribution in [0.25, 0.3) is 10.2 Å². The summed E-state index contributed by atoms with van der Waals surface area (Å²) in [6.45, 7) is 6.43. The fraction of sp³-hybridized carbons (Fsp3) is 0.381. The summed E-state index contributed by atoms with van der Waals surface area (Å²) in [7, 11) is 0. The third-order valence-corrected chi connectivity index (χ3v) is 7.34. The lowest BCUT2D eigenvalue weighted by Gasteiger charge is -2.18. The molecule has 4 nitrogen and oxygen atoms in total. The molecule has 0 radical (unpaired) electrons. The lowest BCUT2D eigenvalue weighted by Crippen LogP contribution is -2.14. The van der Waals surface area contributed by atoms with Crippen LogP contribution < -0.4 is 5.32 Å². The maximum atomic E-state index is 12.4. The van der Waals surface area contributed by atoms with Gasteiger partial charge in [-0.2, -0.15) is 0 Å². The minimum atomic E-state index is -0.00673. The quantitative estimate of drug-likeness (QED) is 0.488. The normalized spacial score (nSPS) is 16.3. The monoisotopic (exact) mass is 397 g/mol. The fourth-order valence-corrected chi connectivity index (χ4v) is 5.75. The number of benzene rings is 1. The maximum Gasteiger partial charge on any atom is 0.234 e. The molecule has 2 aromatic heterocycles. The molecule has 0 spiro atoms. The summed E-state index contributed by atoms with van der Waals surface area (Å²) in [5.74, 6) is 1.08. The molecule has 1 N–H and O–H groups in total. The minimum absolute atomic E-state index is 0.00673. The summed E-state index contributed by atoms with van der Waals surface area (Å²) in [6.07, 6.45) is 5.06. The number of carbonyl (C=O) groups excluding carboxylic acids is 1. The molecule has 0 bridgehead atoms. The number of thioether (sulfide) groups is 1. The van der Waals surface area contributed by atoms with E-state index in [0.717, 1.165) is 34.3 Å². The van der Waals surface area contributed by atoms with E-state index in [0.29, 0.717) is 5.75 Å². The number of nitrogens with zero attached hydrogens (tertiary/aromatic N) is 2. The Morgan fingerprint density at radius 2 is 2.15 bits per heavy atom. The van der Waals surface area contributed by atoms with Gasteiger partial charge in [-0.3, -0.25) is 4.79 Å². The van der Waals surface area contributed by atoms with Crippen molar-refractivity contribution < 1.29 is 4.79 Å². The van der Waals surface area contributed by atoms with Crippen LogP contribution in [-0.4, -0.2) is 21.6 Å². The highest BCUT2D eigenvalue weighted by Crippen LogP contribution is 2.40. The Hall–Kier alpha value is -1.92. The van der Waals surface area contributed by atoms with Crippen LogP contribution in [0.4, 0.5) is 5.69 Å². The highest BCUT2D eigenvalue weighted by atomic mass is 32.2. The Kier molecular flexibility index (Phi) is 5.19. The SMILES string of the molecule is Cc1ccc(NC(=O)CSc2ncnc3sc4c(c23)CCC(C)C4)cc1C. The van der Waals surface area contributed by atoms with Crippen molar-refractivity contribution >= 4 is 44.9 Å². The predicted molar refractivity (Wildman–Crippen MR) is 114 cm³/mol. The van der Waals surface area contributed by atoms with Crippen molar-refractivity contribution in [3.8, 4) is 0 Å². The number of hydrogen-bond donors (Lipinski definition) is 1. The van der Waals surface area contributed by atoms with Gasteiger partial charge in [0.25, 0.3) is 0 Å². The summed E-state index contributed by atoms with van der Waals surface area (Å²) < 4.78 is 0. The molecule has 1 amide bonds. The van der Waals surface area contributed by atoms with Crippen molar-refractivity contribution in [2.45, 2.75) is 45.1 Å². The van der Waals surface area contributed by atoms with Gasteiger partial charge in [-0.15, -0.1) is 11.3 Å². The number of nitrogens with one attached hydrogen (secondary N) is 1. The zero-order valence-corrected chi connectivity index (χ0v) is 17.5. The van der Waals surface area contributed by atoms with Gasteiger partial charge in [-0.05, 0) is 67.9 Å². The van der Waals surface area contributed by atoms with Crippen LogP contribution in [0.15, 0.2) is 29.6 Å². The van der Waals surface area contributed by atoms with Gasteiger partial charge < -0.3 is 5.32 Å². The van der Waals surface area contributed by atoms with E-state index in [1.165, 1.54) is 45.1 Å². The summed E-state index contributed by atoms with van der Waals surface area (Å²) >= 11 is 3.30. The molecule has 0 saturated carbocycles. The molecule has 3 aromatic rings. The second-order valence-electron chi connectivity index (χ2n) is 7.35. The molecular formula is C21H23N3OS2. The predicted octanol–water partition coefficient (Wildman–Crippen LogP) is 5.16. The smallest absolute Gasteiger partial charge is 0.234 e. The van der Waals surface area contributed by atoms with E-state index in [2.05, 4.69) is 36.1 Å². The van der Waals surface area contributed by atoms with Gasteiger partial charge in [0, 0.05) is 16.0 Å². The molecule has 1 atom stereocenters.